The van der Waals surface area contributed by atoms with Crippen LogP contribution in [0.4, 0.5) is 0 Å². The molecule has 156 valence electrons. The normalized spacial score (nSPS) is 56.1. The van der Waals surface area contributed by atoms with Crippen LogP contribution in [0.15, 0.2) is 12.2 Å². The second-order valence-electron chi connectivity index (χ2n) is 10.7. The highest BCUT2D eigenvalue weighted by atomic mass is 16.6. The Labute approximate surface area is 165 Å². The Balaban J connectivity index is 1.75. The molecule has 2 saturated heterocycles. The molecule has 0 aromatic rings. The Hall–Kier alpha value is -0.950. The van der Waals surface area contributed by atoms with Crippen molar-refractivity contribution in [2.75, 3.05) is 6.61 Å². The molecule has 6 fully saturated rings. The van der Waals surface area contributed by atoms with Crippen molar-refractivity contribution in [1.29, 1.82) is 0 Å². The average Bonchev–Trinajstić information content (AvgIpc) is 2.81. The van der Waals surface area contributed by atoms with E-state index in [9.17, 15) is 20.1 Å². The summed E-state index contributed by atoms with van der Waals surface area (Å²) in [7, 11) is 0. The van der Waals surface area contributed by atoms with Crippen molar-refractivity contribution in [3.63, 3.8) is 0 Å². The van der Waals surface area contributed by atoms with Crippen LogP contribution in [0.2, 0.25) is 0 Å². The lowest BCUT2D eigenvalue weighted by Crippen LogP contribution is -2.84. The summed E-state index contributed by atoms with van der Waals surface area (Å²) < 4.78 is 11.9. The van der Waals surface area contributed by atoms with Gasteiger partial charge in [0.2, 0.25) is 5.79 Å². The van der Waals surface area contributed by atoms with E-state index < -0.39 is 28.8 Å². The SMILES string of the molecule is C=C1C2CCC3C45COC(O)(C(O)C4C(C)(C)CCC5OC(C)=O)C3(C2)C1O. The molecule has 2 aliphatic heterocycles. The van der Waals surface area contributed by atoms with Gasteiger partial charge in [0.1, 0.15) is 12.2 Å². The Morgan fingerprint density at radius 1 is 1.25 bits per heavy atom. The molecule has 4 bridgehead atoms. The van der Waals surface area contributed by atoms with Crippen LogP contribution in [-0.4, -0.2) is 52.0 Å². The zero-order valence-corrected chi connectivity index (χ0v) is 17.0. The van der Waals surface area contributed by atoms with Crippen molar-refractivity contribution in [3.05, 3.63) is 12.2 Å². The van der Waals surface area contributed by atoms with Gasteiger partial charge in [0.25, 0.3) is 0 Å². The molecular weight excluding hydrogens is 360 g/mol. The predicted molar refractivity (Wildman–Crippen MR) is 99.8 cm³/mol. The first-order valence-electron chi connectivity index (χ1n) is 10.6. The maximum absolute atomic E-state index is 12.0. The van der Waals surface area contributed by atoms with Crippen LogP contribution in [0.25, 0.3) is 0 Å². The predicted octanol–water partition coefficient (Wildman–Crippen LogP) is 1.77. The fourth-order valence-corrected chi connectivity index (χ4v) is 8.42. The first kappa shape index (κ1) is 19.0. The van der Waals surface area contributed by atoms with Crippen LogP contribution in [0.5, 0.6) is 0 Å². The highest BCUT2D eigenvalue weighted by molar-refractivity contribution is 5.66. The summed E-state index contributed by atoms with van der Waals surface area (Å²) in [5, 5.41) is 34.6. The number of aliphatic hydroxyl groups is 3. The maximum atomic E-state index is 12.0. The molecule has 3 N–H and O–H groups in total. The minimum absolute atomic E-state index is 0.0958. The van der Waals surface area contributed by atoms with Crippen molar-refractivity contribution < 1.29 is 29.6 Å². The number of ether oxygens (including phenoxy) is 2. The third-order valence-electron chi connectivity index (χ3n) is 9.33. The number of carbonyl (C=O) groups is 1. The third-order valence-corrected chi connectivity index (χ3v) is 9.33. The largest absolute Gasteiger partial charge is 0.462 e. The summed E-state index contributed by atoms with van der Waals surface area (Å²) in [6.07, 6.45) is 1.30. The molecule has 0 aromatic heterocycles. The van der Waals surface area contributed by atoms with E-state index in [1.165, 1.54) is 6.92 Å². The molecule has 6 rings (SSSR count). The summed E-state index contributed by atoms with van der Waals surface area (Å²) in [4.78, 5) is 12.0. The second-order valence-corrected chi connectivity index (χ2v) is 10.7. The molecule has 0 amide bonds. The van der Waals surface area contributed by atoms with Gasteiger partial charge in [0.05, 0.1) is 18.1 Å². The van der Waals surface area contributed by atoms with Crippen molar-refractivity contribution in [2.45, 2.75) is 77.0 Å². The lowest BCUT2D eigenvalue weighted by atomic mass is 9.36. The van der Waals surface area contributed by atoms with E-state index in [-0.39, 0.29) is 41.8 Å². The standard InChI is InChI=1S/C22H32O6/c1-11-13-5-6-14-20-10-27-22(26,21(14,9-13)17(11)24)18(25)16(20)19(3,4)8-7-15(20)28-12(2)23/h13-18,24-26H,1,5-10H2,2-4H3. The van der Waals surface area contributed by atoms with Gasteiger partial charge in [-0.1, -0.05) is 20.4 Å². The van der Waals surface area contributed by atoms with Crippen LogP contribution in [0, 0.1) is 34.0 Å². The highest BCUT2D eigenvalue weighted by Gasteiger charge is 2.84. The average molecular weight is 392 g/mol. The molecule has 4 saturated carbocycles. The molecule has 0 aromatic carbocycles. The maximum Gasteiger partial charge on any atom is 0.302 e. The zero-order chi connectivity index (χ0) is 20.3. The smallest absolute Gasteiger partial charge is 0.302 e. The van der Waals surface area contributed by atoms with Crippen molar-refractivity contribution in [3.8, 4) is 0 Å². The van der Waals surface area contributed by atoms with Gasteiger partial charge in [-0.15, -0.1) is 0 Å². The lowest BCUT2D eigenvalue weighted by molar-refractivity contribution is -0.466. The van der Waals surface area contributed by atoms with Crippen molar-refractivity contribution in [1.82, 2.24) is 0 Å². The van der Waals surface area contributed by atoms with E-state index in [1.807, 2.05) is 0 Å². The molecule has 9 unspecified atom stereocenters. The molecule has 4 aliphatic carbocycles. The van der Waals surface area contributed by atoms with E-state index in [0.29, 0.717) is 12.8 Å². The number of aliphatic hydroxyl groups excluding tert-OH is 2. The number of hydrogen-bond donors (Lipinski definition) is 3. The number of rotatable bonds is 1. The Morgan fingerprint density at radius 3 is 2.64 bits per heavy atom. The lowest BCUT2D eigenvalue weighted by Gasteiger charge is -2.75. The Kier molecular flexibility index (Phi) is 3.67. The van der Waals surface area contributed by atoms with Crippen LogP contribution < -0.4 is 0 Å². The molecular formula is C22H32O6. The fraction of sp³-hybridized carbons (Fsp3) is 0.864. The van der Waals surface area contributed by atoms with Gasteiger partial charge >= 0.3 is 5.97 Å². The monoisotopic (exact) mass is 392 g/mol. The molecule has 9 atom stereocenters. The van der Waals surface area contributed by atoms with Gasteiger partial charge in [0, 0.05) is 18.3 Å². The van der Waals surface area contributed by atoms with E-state index in [4.69, 9.17) is 9.47 Å². The van der Waals surface area contributed by atoms with Gasteiger partial charge in [-0.25, -0.2) is 0 Å². The summed E-state index contributed by atoms with van der Waals surface area (Å²) in [5.41, 5.74) is -1.11. The second kappa shape index (κ2) is 5.39. The zero-order valence-electron chi connectivity index (χ0n) is 17.0. The molecule has 0 radical (unpaired) electrons. The van der Waals surface area contributed by atoms with Gasteiger partial charge in [-0.2, -0.15) is 0 Å². The molecule has 6 heteroatoms. The van der Waals surface area contributed by atoms with Crippen molar-refractivity contribution >= 4 is 5.97 Å². The number of esters is 1. The summed E-state index contributed by atoms with van der Waals surface area (Å²) in [5.74, 6) is -2.38. The molecule has 2 heterocycles. The molecule has 2 spiro atoms. The highest BCUT2D eigenvalue weighted by Crippen LogP contribution is 2.77. The Morgan fingerprint density at radius 2 is 1.96 bits per heavy atom. The molecule has 6 nitrogen and oxygen atoms in total. The summed E-state index contributed by atoms with van der Waals surface area (Å²) >= 11 is 0. The van der Waals surface area contributed by atoms with Gasteiger partial charge < -0.3 is 24.8 Å². The Bertz CT molecular complexity index is 747. The summed E-state index contributed by atoms with van der Waals surface area (Å²) in [6, 6.07) is 0. The van der Waals surface area contributed by atoms with Crippen LogP contribution in [-0.2, 0) is 14.3 Å². The first-order chi connectivity index (χ1) is 13.0. The molecule has 6 aliphatic rings. The van der Waals surface area contributed by atoms with Crippen LogP contribution in [0.3, 0.4) is 0 Å². The van der Waals surface area contributed by atoms with E-state index in [1.54, 1.807) is 0 Å². The number of hydrogen-bond acceptors (Lipinski definition) is 6. The summed E-state index contributed by atoms with van der Waals surface area (Å²) in [6.45, 7) is 10.0. The van der Waals surface area contributed by atoms with E-state index in [2.05, 4.69) is 20.4 Å². The topological polar surface area (TPSA) is 96.2 Å². The fourth-order valence-electron chi connectivity index (χ4n) is 8.42. The minimum Gasteiger partial charge on any atom is -0.462 e. The molecule has 28 heavy (non-hydrogen) atoms. The van der Waals surface area contributed by atoms with Crippen LogP contribution in [0.1, 0.15) is 52.9 Å². The minimum atomic E-state index is -1.81. The van der Waals surface area contributed by atoms with Crippen molar-refractivity contribution in [2.24, 2.45) is 34.0 Å². The quantitative estimate of drug-likeness (QED) is 0.465. The first-order valence-corrected chi connectivity index (χ1v) is 10.6. The van der Waals surface area contributed by atoms with Gasteiger partial charge in [0.15, 0.2) is 0 Å². The third kappa shape index (κ3) is 1.83. The van der Waals surface area contributed by atoms with Crippen LogP contribution >= 0.6 is 0 Å². The van der Waals surface area contributed by atoms with Gasteiger partial charge in [-0.05, 0) is 54.9 Å². The van der Waals surface area contributed by atoms with Gasteiger partial charge in [-0.3, -0.25) is 4.79 Å². The van der Waals surface area contributed by atoms with E-state index in [0.717, 1.165) is 24.8 Å². The number of fused-ring (bicyclic) bond motifs is 2. The van der Waals surface area contributed by atoms with E-state index >= 15 is 0 Å². The number of carbonyl (C=O) groups excluding carboxylic acids is 1.